The largest absolute Gasteiger partial charge is 0.494 e. The molecule has 2 rings (SSSR count). The maximum Gasteiger partial charge on any atom is 0.416 e. The molecule has 9 heteroatoms. The van der Waals surface area contributed by atoms with E-state index in [0.717, 1.165) is 34.6 Å². The molecule has 0 spiro atoms. The number of anilines is 1. The minimum Gasteiger partial charge on any atom is -0.494 e. The molecule has 0 fully saturated rings. The highest BCUT2D eigenvalue weighted by Crippen LogP contribution is 2.33. The Labute approximate surface area is 148 Å². The van der Waals surface area contributed by atoms with Crippen molar-refractivity contribution >= 4 is 15.7 Å². The van der Waals surface area contributed by atoms with Crippen LogP contribution in [0.4, 0.5) is 23.2 Å². The summed E-state index contributed by atoms with van der Waals surface area (Å²) in [5.74, 6) is -1.06. The van der Waals surface area contributed by atoms with Crippen molar-refractivity contribution < 1.29 is 30.7 Å². The van der Waals surface area contributed by atoms with E-state index in [-0.39, 0.29) is 18.0 Å². The van der Waals surface area contributed by atoms with Gasteiger partial charge in [-0.1, -0.05) is 12.1 Å². The normalized spacial score (nSPS) is 11.9. The molecule has 0 N–H and O–H groups in total. The molecule has 0 atom stereocenters. The van der Waals surface area contributed by atoms with Gasteiger partial charge in [-0.2, -0.15) is 13.2 Å². The van der Waals surface area contributed by atoms with Gasteiger partial charge < -0.3 is 4.74 Å². The van der Waals surface area contributed by atoms with Crippen LogP contribution in [-0.4, -0.2) is 22.1 Å². The van der Waals surface area contributed by atoms with Gasteiger partial charge in [0, 0.05) is 0 Å². The van der Waals surface area contributed by atoms with Crippen molar-refractivity contribution in [2.75, 3.05) is 18.0 Å². The summed E-state index contributed by atoms with van der Waals surface area (Å²) in [4.78, 5) is -0.421. The van der Waals surface area contributed by atoms with E-state index >= 15 is 0 Å². The third-order valence-corrected chi connectivity index (χ3v) is 5.26. The molecule has 0 unspecified atom stereocenters. The van der Waals surface area contributed by atoms with E-state index in [1.807, 2.05) is 0 Å². The topological polar surface area (TPSA) is 46.6 Å². The van der Waals surface area contributed by atoms with E-state index in [4.69, 9.17) is 4.74 Å². The van der Waals surface area contributed by atoms with Gasteiger partial charge in [-0.05, 0) is 36.4 Å². The summed E-state index contributed by atoms with van der Waals surface area (Å²) in [5, 5.41) is 0. The van der Waals surface area contributed by atoms with Gasteiger partial charge in [0.2, 0.25) is 0 Å². The van der Waals surface area contributed by atoms with Gasteiger partial charge in [-0.15, -0.1) is 6.58 Å². The van der Waals surface area contributed by atoms with Crippen LogP contribution in [0, 0.1) is 5.82 Å². The molecule has 0 saturated heterocycles. The van der Waals surface area contributed by atoms with E-state index in [0.29, 0.717) is 6.07 Å². The third-order valence-electron chi connectivity index (χ3n) is 3.47. The number of ether oxygens (including phenoxy) is 1. The number of alkyl halides is 3. The molecule has 4 nitrogen and oxygen atoms in total. The van der Waals surface area contributed by atoms with E-state index in [9.17, 15) is 26.0 Å². The minimum absolute atomic E-state index is 0.154. The molecule has 26 heavy (non-hydrogen) atoms. The minimum atomic E-state index is -4.63. The third kappa shape index (κ3) is 3.98. The van der Waals surface area contributed by atoms with Crippen molar-refractivity contribution in [1.29, 1.82) is 0 Å². The van der Waals surface area contributed by atoms with E-state index in [1.165, 1.54) is 19.3 Å². The molecule has 140 valence electrons. The first-order chi connectivity index (χ1) is 12.1. The second-order valence-corrected chi connectivity index (χ2v) is 7.03. The number of benzene rings is 2. The summed E-state index contributed by atoms with van der Waals surface area (Å²) in [6.07, 6.45) is -3.41. The second-order valence-electron chi connectivity index (χ2n) is 5.17. The monoisotopic (exact) mass is 389 g/mol. The molecule has 0 saturated carbocycles. The molecule has 0 aliphatic heterocycles. The fourth-order valence-corrected chi connectivity index (χ4v) is 3.67. The zero-order valence-corrected chi connectivity index (χ0v) is 14.4. The maximum absolute atomic E-state index is 13.9. The van der Waals surface area contributed by atoms with E-state index in [1.54, 1.807) is 0 Å². The zero-order valence-electron chi connectivity index (χ0n) is 13.6. The highest BCUT2D eigenvalue weighted by molar-refractivity contribution is 7.92. The molecule has 2 aromatic rings. The van der Waals surface area contributed by atoms with Crippen molar-refractivity contribution in [3.63, 3.8) is 0 Å². The van der Waals surface area contributed by atoms with Crippen molar-refractivity contribution in [3.8, 4) is 5.75 Å². The molecule has 0 aliphatic rings. The predicted molar refractivity (Wildman–Crippen MR) is 89.1 cm³/mol. The van der Waals surface area contributed by atoms with Gasteiger partial charge in [0.05, 0.1) is 29.8 Å². The number of nitrogens with zero attached hydrogens (tertiary/aromatic N) is 1. The van der Waals surface area contributed by atoms with Crippen LogP contribution in [-0.2, 0) is 16.2 Å². The van der Waals surface area contributed by atoms with E-state index in [2.05, 4.69) is 6.58 Å². The predicted octanol–water partition coefficient (Wildman–Crippen LogP) is 4.23. The van der Waals surface area contributed by atoms with Crippen LogP contribution in [0.1, 0.15) is 5.56 Å². The van der Waals surface area contributed by atoms with Crippen LogP contribution >= 0.6 is 0 Å². The fourth-order valence-electron chi connectivity index (χ4n) is 2.23. The second kappa shape index (κ2) is 7.36. The Balaban J connectivity index is 2.55. The van der Waals surface area contributed by atoms with E-state index < -0.39 is 32.5 Å². The lowest BCUT2D eigenvalue weighted by Gasteiger charge is -2.24. The Hall–Kier alpha value is -2.55. The van der Waals surface area contributed by atoms with Crippen LogP contribution in [0.5, 0.6) is 5.75 Å². The highest BCUT2D eigenvalue weighted by atomic mass is 32.2. The van der Waals surface area contributed by atoms with Gasteiger partial charge in [0.1, 0.15) is 0 Å². The summed E-state index contributed by atoms with van der Waals surface area (Å²) in [5.41, 5.74) is -1.21. The number of halogens is 4. The summed E-state index contributed by atoms with van der Waals surface area (Å²) in [6, 6.07) is 6.84. The Morgan fingerprint density at radius 1 is 1.19 bits per heavy atom. The molecule has 0 heterocycles. The smallest absolute Gasteiger partial charge is 0.416 e. The van der Waals surface area contributed by atoms with Crippen LogP contribution < -0.4 is 9.04 Å². The maximum atomic E-state index is 13.9. The van der Waals surface area contributed by atoms with Gasteiger partial charge in [-0.3, -0.25) is 4.31 Å². The standard InChI is InChI=1S/C17H15F4NO3S/c1-3-9-22(13-6-4-5-12(10-13)17(19,20)21)26(23,24)14-7-8-16(25-2)15(18)11-14/h3-8,10-11H,1,9H2,2H3. The number of hydrogen-bond donors (Lipinski definition) is 0. The highest BCUT2D eigenvalue weighted by Gasteiger charge is 2.32. The Morgan fingerprint density at radius 3 is 2.42 bits per heavy atom. The molecular weight excluding hydrogens is 374 g/mol. The van der Waals surface area contributed by atoms with Crippen molar-refractivity contribution in [2.45, 2.75) is 11.1 Å². The Bertz CT molecular complexity index is 910. The molecule has 0 bridgehead atoms. The first-order valence-electron chi connectivity index (χ1n) is 7.25. The average Bonchev–Trinajstić information content (AvgIpc) is 2.58. The van der Waals surface area contributed by atoms with Crippen LogP contribution in [0.3, 0.4) is 0 Å². The SMILES string of the molecule is C=CCN(c1cccc(C(F)(F)F)c1)S(=O)(=O)c1ccc(OC)c(F)c1. The number of hydrogen-bond acceptors (Lipinski definition) is 3. The van der Waals surface area contributed by atoms with Crippen molar-refractivity contribution in [1.82, 2.24) is 0 Å². The quantitative estimate of drug-likeness (QED) is 0.549. The number of methoxy groups -OCH3 is 1. The Kier molecular flexibility index (Phi) is 5.60. The summed E-state index contributed by atoms with van der Waals surface area (Å²) in [7, 11) is -3.11. The molecule has 0 radical (unpaired) electrons. The lowest BCUT2D eigenvalue weighted by molar-refractivity contribution is -0.137. The average molecular weight is 389 g/mol. The summed E-state index contributed by atoms with van der Waals surface area (Å²) < 4.78 is 83.7. The molecule has 0 amide bonds. The number of rotatable bonds is 6. The molecule has 2 aromatic carbocycles. The lowest BCUT2D eigenvalue weighted by atomic mass is 10.2. The van der Waals surface area contributed by atoms with Gasteiger partial charge in [-0.25, -0.2) is 12.8 Å². The first-order valence-corrected chi connectivity index (χ1v) is 8.69. The fraction of sp³-hybridized carbons (Fsp3) is 0.176. The van der Waals surface area contributed by atoms with Crippen molar-refractivity contribution in [3.05, 3.63) is 66.5 Å². The summed E-state index contributed by atoms with van der Waals surface area (Å²) >= 11 is 0. The zero-order chi connectivity index (χ0) is 19.5. The molecule has 0 aliphatic carbocycles. The van der Waals surface area contributed by atoms with Crippen LogP contribution in [0.25, 0.3) is 0 Å². The first kappa shape index (κ1) is 19.8. The van der Waals surface area contributed by atoms with Gasteiger partial charge in [0.25, 0.3) is 10.0 Å². The van der Waals surface area contributed by atoms with Crippen LogP contribution in [0.2, 0.25) is 0 Å². The van der Waals surface area contributed by atoms with Crippen LogP contribution in [0.15, 0.2) is 60.0 Å². The van der Waals surface area contributed by atoms with Crippen molar-refractivity contribution in [2.24, 2.45) is 0 Å². The van der Waals surface area contributed by atoms with Gasteiger partial charge >= 0.3 is 6.18 Å². The lowest BCUT2D eigenvalue weighted by Crippen LogP contribution is -2.31. The molecule has 0 aromatic heterocycles. The van der Waals surface area contributed by atoms with Gasteiger partial charge in [0.15, 0.2) is 11.6 Å². The molecular formula is C17H15F4NO3S. The Morgan fingerprint density at radius 2 is 1.88 bits per heavy atom. The summed E-state index contributed by atoms with van der Waals surface area (Å²) in [6.45, 7) is 3.13. The number of sulfonamides is 1.